The highest BCUT2D eigenvalue weighted by atomic mass is 32.2. The first kappa shape index (κ1) is 21.2. The number of ketones is 1. The van der Waals surface area contributed by atoms with Crippen molar-refractivity contribution in [3.05, 3.63) is 69.3 Å². The second-order valence-electron chi connectivity index (χ2n) is 6.07. The molecule has 0 aliphatic rings. The molecule has 148 valence electrons. The topological polar surface area (TPSA) is 124 Å². The molecule has 0 amide bonds. The number of sulfonamides is 1. The number of aryl methyl sites for hydroxylation is 1. The van der Waals surface area contributed by atoms with Crippen LogP contribution in [0.4, 0.5) is 5.69 Å². The summed E-state index contributed by atoms with van der Waals surface area (Å²) in [7, 11) is -1.01. The molecule has 0 N–H and O–H groups in total. The van der Waals surface area contributed by atoms with Gasteiger partial charge in [-0.1, -0.05) is 18.2 Å². The molecule has 0 saturated carbocycles. The number of nitro groups is 1. The molecule has 2 aromatic rings. The molecular weight excluding hydrogens is 388 g/mol. The number of hydrogen-bond acceptors (Lipinski definition) is 7. The van der Waals surface area contributed by atoms with Crippen LogP contribution in [0.2, 0.25) is 0 Å². The van der Waals surface area contributed by atoms with E-state index in [1.807, 2.05) is 0 Å². The Balaban J connectivity index is 2.14. The number of esters is 1. The van der Waals surface area contributed by atoms with Crippen molar-refractivity contribution in [2.45, 2.75) is 11.8 Å². The second-order valence-corrected chi connectivity index (χ2v) is 8.22. The van der Waals surface area contributed by atoms with Gasteiger partial charge in [0, 0.05) is 31.3 Å². The van der Waals surface area contributed by atoms with Gasteiger partial charge in [0.1, 0.15) is 0 Å². The van der Waals surface area contributed by atoms with Gasteiger partial charge in [-0.25, -0.2) is 17.5 Å². The van der Waals surface area contributed by atoms with Gasteiger partial charge < -0.3 is 4.74 Å². The van der Waals surface area contributed by atoms with Crippen LogP contribution in [-0.2, 0) is 14.8 Å². The molecule has 0 spiro atoms. The Morgan fingerprint density at radius 3 is 2.39 bits per heavy atom. The van der Waals surface area contributed by atoms with Gasteiger partial charge in [-0.15, -0.1) is 0 Å². The molecular formula is C18H18N2O7S. The zero-order chi connectivity index (χ0) is 21.1. The van der Waals surface area contributed by atoms with E-state index in [1.165, 1.54) is 44.4 Å². The summed E-state index contributed by atoms with van der Waals surface area (Å²) < 4.78 is 30.2. The highest BCUT2D eigenvalue weighted by Crippen LogP contribution is 2.20. The summed E-state index contributed by atoms with van der Waals surface area (Å²) in [6.45, 7) is 0.908. The number of carbonyl (C=O) groups is 2. The van der Waals surface area contributed by atoms with E-state index in [2.05, 4.69) is 0 Å². The van der Waals surface area contributed by atoms with Crippen LogP contribution in [0.3, 0.4) is 0 Å². The van der Waals surface area contributed by atoms with Crippen molar-refractivity contribution in [2.24, 2.45) is 0 Å². The van der Waals surface area contributed by atoms with E-state index in [1.54, 1.807) is 6.92 Å². The Bertz CT molecular complexity index is 1050. The molecule has 0 saturated heterocycles. The van der Waals surface area contributed by atoms with Gasteiger partial charge >= 0.3 is 5.97 Å². The van der Waals surface area contributed by atoms with Gasteiger partial charge in [0.15, 0.2) is 6.61 Å². The number of Topliss-reactive ketones (excluding diaryl/α,β-unsaturated/α-hetero) is 1. The fraction of sp³-hybridized carbons (Fsp3) is 0.222. The molecule has 9 nitrogen and oxygen atoms in total. The van der Waals surface area contributed by atoms with E-state index in [-0.39, 0.29) is 21.7 Å². The van der Waals surface area contributed by atoms with Gasteiger partial charge in [0.25, 0.3) is 5.69 Å². The maximum Gasteiger partial charge on any atom is 0.338 e. The monoisotopic (exact) mass is 406 g/mol. The maximum absolute atomic E-state index is 12.2. The Morgan fingerprint density at radius 1 is 1.11 bits per heavy atom. The molecule has 0 bridgehead atoms. The minimum atomic E-state index is -3.73. The smallest absolute Gasteiger partial charge is 0.338 e. The number of hydrogen-bond donors (Lipinski definition) is 0. The zero-order valence-corrected chi connectivity index (χ0v) is 16.2. The predicted octanol–water partition coefficient (Wildman–Crippen LogP) is 2.19. The molecule has 0 unspecified atom stereocenters. The number of carbonyl (C=O) groups excluding carboxylic acids is 2. The molecule has 0 heterocycles. The summed E-state index contributed by atoms with van der Waals surface area (Å²) in [5.74, 6) is -1.50. The highest BCUT2D eigenvalue weighted by molar-refractivity contribution is 7.89. The third-order valence-corrected chi connectivity index (χ3v) is 5.72. The SMILES string of the molecule is Cc1ccc(C(=O)COC(=O)c2cccc(S(=O)(=O)N(C)C)c2)cc1[N+](=O)[O-]. The van der Waals surface area contributed by atoms with Crippen LogP contribution < -0.4 is 0 Å². The molecule has 0 aliphatic heterocycles. The average Bonchev–Trinajstić information content (AvgIpc) is 2.65. The first-order chi connectivity index (χ1) is 13.0. The molecule has 0 aromatic heterocycles. The minimum Gasteiger partial charge on any atom is -0.454 e. The van der Waals surface area contributed by atoms with Crippen LogP contribution in [0.25, 0.3) is 0 Å². The standard InChI is InChI=1S/C18H18N2O7S/c1-12-7-8-13(10-16(12)20(23)24)17(21)11-27-18(22)14-5-4-6-15(9-14)28(25,26)19(2)3/h4-10H,11H2,1-3H3. The Kier molecular flexibility index (Phi) is 6.26. The number of rotatable bonds is 7. The number of ether oxygens (including phenoxy) is 1. The van der Waals surface area contributed by atoms with Crippen molar-refractivity contribution in [1.29, 1.82) is 0 Å². The number of benzene rings is 2. The van der Waals surface area contributed by atoms with Crippen molar-refractivity contribution in [1.82, 2.24) is 4.31 Å². The van der Waals surface area contributed by atoms with Crippen molar-refractivity contribution >= 4 is 27.5 Å². The third kappa shape index (κ3) is 4.59. The van der Waals surface area contributed by atoms with Crippen LogP contribution in [0.15, 0.2) is 47.4 Å². The molecule has 0 fully saturated rings. The summed E-state index contributed by atoms with van der Waals surface area (Å²) in [4.78, 5) is 34.6. The van der Waals surface area contributed by atoms with E-state index in [0.29, 0.717) is 5.56 Å². The third-order valence-electron chi connectivity index (χ3n) is 3.91. The van der Waals surface area contributed by atoms with E-state index in [4.69, 9.17) is 4.74 Å². The lowest BCUT2D eigenvalue weighted by molar-refractivity contribution is -0.385. The van der Waals surface area contributed by atoms with Gasteiger partial charge in [-0.05, 0) is 25.1 Å². The first-order valence-electron chi connectivity index (χ1n) is 8.02. The highest BCUT2D eigenvalue weighted by Gasteiger charge is 2.20. The van der Waals surface area contributed by atoms with Gasteiger partial charge in [0.2, 0.25) is 15.8 Å². The zero-order valence-electron chi connectivity index (χ0n) is 15.4. The van der Waals surface area contributed by atoms with Gasteiger partial charge in [-0.3, -0.25) is 14.9 Å². The molecule has 2 rings (SSSR count). The lowest BCUT2D eigenvalue weighted by Gasteiger charge is -2.12. The average molecular weight is 406 g/mol. The summed E-state index contributed by atoms with van der Waals surface area (Å²) in [6, 6.07) is 9.19. The summed E-state index contributed by atoms with van der Waals surface area (Å²) in [5, 5.41) is 11.0. The largest absolute Gasteiger partial charge is 0.454 e. The molecule has 0 aliphatic carbocycles. The van der Waals surface area contributed by atoms with Crippen molar-refractivity contribution in [2.75, 3.05) is 20.7 Å². The van der Waals surface area contributed by atoms with Crippen LogP contribution in [-0.4, -0.2) is 50.1 Å². The lowest BCUT2D eigenvalue weighted by Crippen LogP contribution is -2.22. The molecule has 2 aromatic carbocycles. The van der Waals surface area contributed by atoms with Crippen LogP contribution in [0.1, 0.15) is 26.3 Å². The van der Waals surface area contributed by atoms with Crippen molar-refractivity contribution in [3.8, 4) is 0 Å². The van der Waals surface area contributed by atoms with Crippen LogP contribution in [0.5, 0.6) is 0 Å². The fourth-order valence-corrected chi connectivity index (χ4v) is 3.22. The van der Waals surface area contributed by atoms with Gasteiger partial charge in [0.05, 0.1) is 15.4 Å². The minimum absolute atomic E-state index is 0.0361. The second kappa shape index (κ2) is 8.28. The number of nitrogens with zero attached hydrogens (tertiary/aromatic N) is 2. The predicted molar refractivity (Wildman–Crippen MR) is 99.8 cm³/mol. The Labute approximate surface area is 161 Å². The van der Waals surface area contributed by atoms with Crippen molar-refractivity contribution < 1.29 is 27.7 Å². The van der Waals surface area contributed by atoms with E-state index in [0.717, 1.165) is 16.4 Å². The summed E-state index contributed by atoms with van der Waals surface area (Å²) >= 11 is 0. The van der Waals surface area contributed by atoms with Crippen LogP contribution in [0, 0.1) is 17.0 Å². The Hall–Kier alpha value is -3.11. The first-order valence-corrected chi connectivity index (χ1v) is 9.46. The van der Waals surface area contributed by atoms with E-state index in [9.17, 15) is 28.1 Å². The Morgan fingerprint density at radius 2 is 1.79 bits per heavy atom. The normalized spacial score (nSPS) is 11.3. The number of nitro benzene ring substituents is 1. The van der Waals surface area contributed by atoms with E-state index < -0.39 is 33.3 Å². The molecule has 10 heteroatoms. The van der Waals surface area contributed by atoms with Crippen LogP contribution >= 0.6 is 0 Å². The van der Waals surface area contributed by atoms with Crippen molar-refractivity contribution in [3.63, 3.8) is 0 Å². The summed E-state index contributed by atoms with van der Waals surface area (Å²) in [6.07, 6.45) is 0. The molecule has 28 heavy (non-hydrogen) atoms. The maximum atomic E-state index is 12.2. The quantitative estimate of drug-likeness (QED) is 0.299. The molecule has 0 atom stereocenters. The van der Waals surface area contributed by atoms with Gasteiger partial charge in [-0.2, -0.15) is 0 Å². The summed E-state index contributed by atoms with van der Waals surface area (Å²) in [5.41, 5.74) is 0.191. The lowest BCUT2D eigenvalue weighted by atomic mass is 10.1. The molecule has 0 radical (unpaired) electrons. The van der Waals surface area contributed by atoms with E-state index >= 15 is 0 Å². The fourth-order valence-electron chi connectivity index (χ4n) is 2.27.